The van der Waals surface area contributed by atoms with E-state index in [9.17, 15) is 0 Å². The van der Waals surface area contributed by atoms with E-state index in [0.717, 1.165) is 12.8 Å². The standard InChI is InChI=1S/C8H13IO/c1-2-3-4-7-5-6-8(9)10-7/h2,7-8H,1,3-6H2. The molecule has 10 heavy (non-hydrogen) atoms. The Kier molecular flexibility index (Phi) is 3.70. The van der Waals surface area contributed by atoms with Gasteiger partial charge >= 0.3 is 0 Å². The molecule has 0 radical (unpaired) electrons. The van der Waals surface area contributed by atoms with Crippen molar-refractivity contribution in [2.24, 2.45) is 0 Å². The van der Waals surface area contributed by atoms with E-state index in [2.05, 4.69) is 29.2 Å². The highest BCUT2D eigenvalue weighted by Crippen LogP contribution is 2.26. The fourth-order valence-corrected chi connectivity index (χ4v) is 1.95. The van der Waals surface area contributed by atoms with Crippen molar-refractivity contribution in [3.8, 4) is 0 Å². The first-order chi connectivity index (χ1) is 4.83. The van der Waals surface area contributed by atoms with Gasteiger partial charge in [-0.25, -0.2) is 0 Å². The fourth-order valence-electron chi connectivity index (χ4n) is 1.18. The third-order valence-electron chi connectivity index (χ3n) is 1.75. The van der Waals surface area contributed by atoms with E-state index in [1.165, 1.54) is 12.8 Å². The SMILES string of the molecule is C=CCCC1CCC(I)O1. The Labute approximate surface area is 76.0 Å². The molecule has 0 bridgehead atoms. The summed E-state index contributed by atoms with van der Waals surface area (Å²) in [6.45, 7) is 3.68. The summed E-state index contributed by atoms with van der Waals surface area (Å²) in [7, 11) is 0. The summed E-state index contributed by atoms with van der Waals surface area (Å²) >= 11 is 2.35. The summed E-state index contributed by atoms with van der Waals surface area (Å²) in [6, 6.07) is 0. The molecule has 2 heteroatoms. The van der Waals surface area contributed by atoms with Crippen molar-refractivity contribution in [3.63, 3.8) is 0 Å². The Morgan fingerprint density at radius 3 is 2.90 bits per heavy atom. The molecule has 0 saturated carbocycles. The van der Waals surface area contributed by atoms with Crippen LogP contribution in [0.25, 0.3) is 0 Å². The van der Waals surface area contributed by atoms with Gasteiger partial charge in [-0.3, -0.25) is 0 Å². The molecule has 1 rings (SSSR count). The largest absolute Gasteiger partial charge is 0.365 e. The summed E-state index contributed by atoms with van der Waals surface area (Å²) in [5, 5.41) is 0. The Bertz CT molecular complexity index is 114. The average molecular weight is 252 g/mol. The smallest absolute Gasteiger partial charge is 0.109 e. The van der Waals surface area contributed by atoms with Crippen molar-refractivity contribution in [3.05, 3.63) is 12.7 Å². The summed E-state index contributed by atoms with van der Waals surface area (Å²) < 4.78 is 6.07. The van der Waals surface area contributed by atoms with Crippen LogP contribution in [-0.4, -0.2) is 10.2 Å². The van der Waals surface area contributed by atoms with Crippen LogP contribution in [0.15, 0.2) is 12.7 Å². The van der Waals surface area contributed by atoms with Crippen LogP contribution in [0.5, 0.6) is 0 Å². The van der Waals surface area contributed by atoms with E-state index in [1.54, 1.807) is 0 Å². The van der Waals surface area contributed by atoms with E-state index >= 15 is 0 Å². The molecule has 0 aromatic carbocycles. The zero-order valence-corrected chi connectivity index (χ0v) is 8.21. The molecule has 0 spiro atoms. The predicted molar refractivity (Wildman–Crippen MR) is 51.3 cm³/mol. The van der Waals surface area contributed by atoms with Crippen molar-refractivity contribution in [1.82, 2.24) is 0 Å². The monoisotopic (exact) mass is 252 g/mol. The third kappa shape index (κ3) is 2.58. The van der Waals surface area contributed by atoms with Gasteiger partial charge in [0.25, 0.3) is 0 Å². The second kappa shape index (κ2) is 4.34. The van der Waals surface area contributed by atoms with Gasteiger partial charge < -0.3 is 4.74 Å². The summed E-state index contributed by atoms with van der Waals surface area (Å²) in [4.78, 5) is 0. The molecule has 1 fully saturated rings. The zero-order valence-electron chi connectivity index (χ0n) is 6.05. The lowest BCUT2D eigenvalue weighted by Crippen LogP contribution is -2.05. The van der Waals surface area contributed by atoms with Crippen molar-refractivity contribution >= 4 is 22.6 Å². The number of hydrogen-bond donors (Lipinski definition) is 0. The van der Waals surface area contributed by atoms with Crippen LogP contribution in [-0.2, 0) is 4.74 Å². The molecule has 0 amide bonds. The molecule has 1 heterocycles. The topological polar surface area (TPSA) is 9.23 Å². The lowest BCUT2D eigenvalue weighted by Gasteiger charge is -2.07. The second-order valence-electron chi connectivity index (χ2n) is 2.61. The van der Waals surface area contributed by atoms with E-state index in [0.29, 0.717) is 10.2 Å². The molecular formula is C8H13IO. The molecule has 1 nitrogen and oxygen atoms in total. The molecule has 0 aromatic rings. The number of hydrogen-bond acceptors (Lipinski definition) is 1. The number of ether oxygens (including phenoxy) is 1. The zero-order chi connectivity index (χ0) is 7.40. The average Bonchev–Trinajstić information content (AvgIpc) is 2.31. The van der Waals surface area contributed by atoms with Crippen molar-refractivity contribution in [1.29, 1.82) is 0 Å². The van der Waals surface area contributed by atoms with Gasteiger partial charge in [0.15, 0.2) is 0 Å². The van der Waals surface area contributed by atoms with E-state index < -0.39 is 0 Å². The summed E-state index contributed by atoms with van der Waals surface area (Å²) in [5.41, 5.74) is 0. The minimum atomic E-state index is 0.465. The Morgan fingerprint density at radius 2 is 2.40 bits per heavy atom. The van der Waals surface area contributed by atoms with Gasteiger partial charge in [-0.2, -0.15) is 0 Å². The number of allylic oxidation sites excluding steroid dienone is 1. The number of halogens is 1. The minimum Gasteiger partial charge on any atom is -0.365 e. The van der Waals surface area contributed by atoms with Crippen LogP contribution in [0.2, 0.25) is 0 Å². The van der Waals surface area contributed by atoms with Gasteiger partial charge in [0.2, 0.25) is 0 Å². The second-order valence-corrected chi connectivity index (χ2v) is 4.00. The maximum absolute atomic E-state index is 5.60. The Balaban J connectivity index is 2.12. The van der Waals surface area contributed by atoms with Crippen molar-refractivity contribution in [2.75, 3.05) is 0 Å². The van der Waals surface area contributed by atoms with Gasteiger partial charge in [-0.1, -0.05) is 28.7 Å². The van der Waals surface area contributed by atoms with Gasteiger partial charge in [0.1, 0.15) is 4.11 Å². The molecule has 2 unspecified atom stereocenters. The summed E-state index contributed by atoms with van der Waals surface area (Å²) in [5.74, 6) is 0. The molecule has 0 N–H and O–H groups in total. The molecule has 1 saturated heterocycles. The van der Waals surface area contributed by atoms with Gasteiger partial charge in [-0.15, -0.1) is 6.58 Å². The van der Waals surface area contributed by atoms with Crippen LogP contribution in [0.1, 0.15) is 25.7 Å². The first kappa shape index (κ1) is 8.53. The Morgan fingerprint density at radius 1 is 1.60 bits per heavy atom. The van der Waals surface area contributed by atoms with E-state index in [4.69, 9.17) is 4.74 Å². The lowest BCUT2D eigenvalue weighted by atomic mass is 10.1. The first-order valence-corrected chi connectivity index (χ1v) is 4.98. The summed E-state index contributed by atoms with van der Waals surface area (Å²) in [6.07, 6.45) is 7.19. The first-order valence-electron chi connectivity index (χ1n) is 3.73. The highest BCUT2D eigenvalue weighted by molar-refractivity contribution is 14.1. The predicted octanol–water partition coefficient (Wildman–Crippen LogP) is 2.89. The molecular weight excluding hydrogens is 239 g/mol. The van der Waals surface area contributed by atoms with E-state index in [-0.39, 0.29) is 0 Å². The van der Waals surface area contributed by atoms with Crippen LogP contribution in [0, 0.1) is 0 Å². The molecule has 58 valence electrons. The van der Waals surface area contributed by atoms with Crippen molar-refractivity contribution < 1.29 is 4.74 Å². The normalized spacial score (nSPS) is 32.5. The van der Waals surface area contributed by atoms with Crippen LogP contribution in [0.4, 0.5) is 0 Å². The molecule has 0 aliphatic carbocycles. The molecule has 1 aliphatic rings. The van der Waals surface area contributed by atoms with Crippen LogP contribution < -0.4 is 0 Å². The molecule has 0 aromatic heterocycles. The van der Waals surface area contributed by atoms with E-state index in [1.807, 2.05) is 6.08 Å². The van der Waals surface area contributed by atoms with Crippen LogP contribution >= 0.6 is 22.6 Å². The van der Waals surface area contributed by atoms with Gasteiger partial charge in [0, 0.05) is 0 Å². The Hall–Kier alpha value is 0.430. The lowest BCUT2D eigenvalue weighted by molar-refractivity contribution is 0.0950. The highest BCUT2D eigenvalue weighted by atomic mass is 127. The number of alkyl halides is 1. The minimum absolute atomic E-state index is 0.465. The third-order valence-corrected chi connectivity index (χ3v) is 2.66. The van der Waals surface area contributed by atoms with Crippen molar-refractivity contribution in [2.45, 2.75) is 35.9 Å². The maximum atomic E-state index is 5.60. The van der Waals surface area contributed by atoms with Gasteiger partial charge in [0.05, 0.1) is 6.10 Å². The number of rotatable bonds is 3. The quantitative estimate of drug-likeness (QED) is 0.426. The van der Waals surface area contributed by atoms with Crippen LogP contribution in [0.3, 0.4) is 0 Å². The fraction of sp³-hybridized carbons (Fsp3) is 0.750. The molecule has 2 atom stereocenters. The van der Waals surface area contributed by atoms with Gasteiger partial charge in [-0.05, 0) is 25.7 Å². The highest BCUT2D eigenvalue weighted by Gasteiger charge is 2.21. The maximum Gasteiger partial charge on any atom is 0.109 e. The molecule has 1 aliphatic heterocycles.